The van der Waals surface area contributed by atoms with Crippen LogP contribution in [0.4, 0.5) is 4.39 Å². The molecule has 2 rings (SSSR count). The molecule has 0 aliphatic carbocycles. The van der Waals surface area contributed by atoms with Crippen molar-refractivity contribution >= 4 is 5.97 Å². The lowest BCUT2D eigenvalue weighted by Crippen LogP contribution is -2.03. The molecule has 2 heterocycles. The van der Waals surface area contributed by atoms with Crippen LogP contribution < -0.4 is 0 Å². The first-order valence-corrected chi connectivity index (χ1v) is 4.34. The molecule has 2 aromatic rings. The van der Waals surface area contributed by atoms with Crippen molar-refractivity contribution in [2.45, 2.75) is 0 Å². The number of aromatic carboxylic acids is 1. The number of halogens is 1. The van der Waals surface area contributed by atoms with E-state index < -0.39 is 11.8 Å². The predicted molar refractivity (Wildman–Crippen MR) is 52.2 cm³/mol. The van der Waals surface area contributed by atoms with E-state index in [1.165, 1.54) is 18.3 Å². The molecule has 0 saturated heterocycles. The molecule has 80 valence electrons. The fourth-order valence-electron chi connectivity index (χ4n) is 1.25. The Morgan fingerprint density at radius 2 is 2.12 bits per heavy atom. The van der Waals surface area contributed by atoms with Crippen molar-refractivity contribution < 1.29 is 14.3 Å². The van der Waals surface area contributed by atoms with Gasteiger partial charge in [0.2, 0.25) is 0 Å². The molecule has 0 aliphatic heterocycles. The fraction of sp³-hybridized carbons (Fsp3) is 0. The number of hydrogen-bond donors (Lipinski definition) is 1. The van der Waals surface area contributed by atoms with Crippen LogP contribution in [0.1, 0.15) is 10.4 Å². The maximum absolute atomic E-state index is 13.4. The van der Waals surface area contributed by atoms with Gasteiger partial charge in [0.1, 0.15) is 17.7 Å². The summed E-state index contributed by atoms with van der Waals surface area (Å²) in [6.07, 6.45) is 3.48. The number of carboxylic acids is 1. The second-order valence-corrected chi connectivity index (χ2v) is 2.92. The van der Waals surface area contributed by atoms with E-state index in [2.05, 4.69) is 15.0 Å². The molecule has 0 aromatic carbocycles. The Balaban J connectivity index is 2.65. The van der Waals surface area contributed by atoms with Gasteiger partial charge in [-0.25, -0.2) is 19.2 Å². The molecule has 0 amide bonds. The quantitative estimate of drug-likeness (QED) is 0.825. The third-order valence-corrected chi connectivity index (χ3v) is 1.93. The van der Waals surface area contributed by atoms with Crippen molar-refractivity contribution in [3.05, 3.63) is 42.2 Å². The standard InChI is InChI=1S/C10H6FN3O2/c11-7-4-12-5-14-9(7)8-6(10(15)16)2-1-3-13-8/h1-5H,(H,15,16). The highest BCUT2D eigenvalue weighted by molar-refractivity contribution is 5.94. The zero-order valence-electron chi connectivity index (χ0n) is 7.96. The van der Waals surface area contributed by atoms with Gasteiger partial charge in [-0.05, 0) is 12.1 Å². The van der Waals surface area contributed by atoms with Crippen molar-refractivity contribution in [3.8, 4) is 11.4 Å². The maximum Gasteiger partial charge on any atom is 0.337 e. The Hall–Kier alpha value is -2.37. The normalized spacial score (nSPS) is 10.1. The summed E-state index contributed by atoms with van der Waals surface area (Å²) in [6, 6.07) is 2.80. The molecule has 0 unspecified atom stereocenters. The molecule has 0 radical (unpaired) electrons. The van der Waals surface area contributed by atoms with Crippen LogP contribution in [-0.2, 0) is 0 Å². The Morgan fingerprint density at radius 1 is 1.31 bits per heavy atom. The van der Waals surface area contributed by atoms with Gasteiger partial charge in [0.05, 0.1) is 11.8 Å². The highest BCUT2D eigenvalue weighted by Gasteiger charge is 2.16. The van der Waals surface area contributed by atoms with Gasteiger partial charge in [0, 0.05) is 6.20 Å². The van der Waals surface area contributed by atoms with Crippen molar-refractivity contribution in [3.63, 3.8) is 0 Å². The smallest absolute Gasteiger partial charge is 0.337 e. The first kappa shape index (κ1) is 10.2. The van der Waals surface area contributed by atoms with Crippen LogP contribution in [0.15, 0.2) is 30.9 Å². The second kappa shape index (κ2) is 4.01. The lowest BCUT2D eigenvalue weighted by atomic mass is 10.1. The zero-order valence-corrected chi connectivity index (χ0v) is 7.96. The summed E-state index contributed by atoms with van der Waals surface area (Å²) in [5.41, 5.74) is -0.219. The van der Waals surface area contributed by atoms with Crippen LogP contribution in [0.3, 0.4) is 0 Å². The van der Waals surface area contributed by atoms with Crippen LogP contribution in [0.25, 0.3) is 11.4 Å². The van der Waals surface area contributed by atoms with Gasteiger partial charge in [0.25, 0.3) is 0 Å². The summed E-state index contributed by atoms with van der Waals surface area (Å²) in [5.74, 6) is -1.88. The molecule has 16 heavy (non-hydrogen) atoms. The molecule has 1 N–H and O–H groups in total. The number of pyridine rings is 1. The molecule has 6 heteroatoms. The van der Waals surface area contributed by atoms with E-state index in [0.717, 1.165) is 12.5 Å². The molecule has 0 aliphatic rings. The summed E-state index contributed by atoms with van der Waals surface area (Å²) in [4.78, 5) is 21.9. The number of carbonyl (C=O) groups is 1. The minimum absolute atomic E-state index is 0.00472. The monoisotopic (exact) mass is 219 g/mol. The number of nitrogens with zero attached hydrogens (tertiary/aromatic N) is 3. The van der Waals surface area contributed by atoms with Crippen LogP contribution in [0, 0.1) is 5.82 Å². The maximum atomic E-state index is 13.4. The topological polar surface area (TPSA) is 76.0 Å². The zero-order chi connectivity index (χ0) is 11.5. The Kier molecular flexibility index (Phi) is 2.55. The molecular formula is C10H6FN3O2. The first-order chi connectivity index (χ1) is 7.70. The summed E-state index contributed by atoms with van der Waals surface area (Å²) in [5, 5.41) is 8.91. The van der Waals surface area contributed by atoms with Crippen molar-refractivity contribution in [2.75, 3.05) is 0 Å². The number of hydrogen-bond acceptors (Lipinski definition) is 4. The minimum atomic E-state index is -1.18. The van der Waals surface area contributed by atoms with Gasteiger partial charge < -0.3 is 5.11 Å². The van der Waals surface area contributed by atoms with Crippen molar-refractivity contribution in [1.82, 2.24) is 15.0 Å². The van der Waals surface area contributed by atoms with Crippen molar-refractivity contribution in [2.24, 2.45) is 0 Å². The van der Waals surface area contributed by atoms with Crippen LogP contribution in [-0.4, -0.2) is 26.0 Å². The Labute approximate surface area is 89.6 Å². The molecule has 0 fully saturated rings. The highest BCUT2D eigenvalue weighted by atomic mass is 19.1. The summed E-state index contributed by atoms with van der Waals surface area (Å²) in [7, 11) is 0. The highest BCUT2D eigenvalue weighted by Crippen LogP contribution is 2.20. The number of carboxylic acid groups (broad SMARTS) is 1. The summed E-state index contributed by atoms with van der Waals surface area (Å²) >= 11 is 0. The Morgan fingerprint density at radius 3 is 2.81 bits per heavy atom. The van der Waals surface area contributed by atoms with E-state index in [1.807, 2.05) is 0 Å². The SMILES string of the molecule is O=C(O)c1cccnc1-c1ncncc1F. The fourth-order valence-corrected chi connectivity index (χ4v) is 1.25. The first-order valence-electron chi connectivity index (χ1n) is 4.34. The summed E-state index contributed by atoms with van der Waals surface area (Å²) < 4.78 is 13.4. The van der Waals surface area contributed by atoms with E-state index in [-0.39, 0.29) is 17.0 Å². The van der Waals surface area contributed by atoms with Gasteiger partial charge in [-0.3, -0.25) is 4.98 Å². The second-order valence-electron chi connectivity index (χ2n) is 2.92. The molecular weight excluding hydrogens is 213 g/mol. The van der Waals surface area contributed by atoms with E-state index in [1.54, 1.807) is 0 Å². The van der Waals surface area contributed by atoms with Gasteiger partial charge in [0.15, 0.2) is 5.82 Å². The lowest BCUT2D eigenvalue weighted by molar-refractivity contribution is 0.0697. The molecule has 0 spiro atoms. The Bertz CT molecular complexity index is 545. The largest absolute Gasteiger partial charge is 0.478 e. The third kappa shape index (κ3) is 1.72. The molecule has 2 aromatic heterocycles. The molecule has 0 atom stereocenters. The average Bonchev–Trinajstić information content (AvgIpc) is 2.29. The van der Waals surface area contributed by atoms with Crippen LogP contribution in [0.2, 0.25) is 0 Å². The lowest BCUT2D eigenvalue weighted by Gasteiger charge is -2.03. The molecule has 0 bridgehead atoms. The van der Waals surface area contributed by atoms with Crippen molar-refractivity contribution in [1.29, 1.82) is 0 Å². The summed E-state index contributed by atoms with van der Waals surface area (Å²) in [6.45, 7) is 0. The van der Waals surface area contributed by atoms with E-state index >= 15 is 0 Å². The number of aromatic nitrogens is 3. The molecule has 5 nitrogen and oxygen atoms in total. The minimum Gasteiger partial charge on any atom is -0.478 e. The van der Waals surface area contributed by atoms with Gasteiger partial charge >= 0.3 is 5.97 Å². The van der Waals surface area contributed by atoms with Crippen LogP contribution >= 0.6 is 0 Å². The molecule has 0 saturated carbocycles. The third-order valence-electron chi connectivity index (χ3n) is 1.93. The predicted octanol–water partition coefficient (Wildman–Crippen LogP) is 1.38. The van der Waals surface area contributed by atoms with Gasteiger partial charge in [-0.15, -0.1) is 0 Å². The van der Waals surface area contributed by atoms with E-state index in [4.69, 9.17) is 5.11 Å². The van der Waals surface area contributed by atoms with Gasteiger partial charge in [-0.2, -0.15) is 0 Å². The van der Waals surface area contributed by atoms with Crippen LogP contribution in [0.5, 0.6) is 0 Å². The number of rotatable bonds is 2. The van der Waals surface area contributed by atoms with E-state index in [9.17, 15) is 9.18 Å². The van der Waals surface area contributed by atoms with Gasteiger partial charge in [-0.1, -0.05) is 0 Å². The van der Waals surface area contributed by atoms with E-state index in [0.29, 0.717) is 0 Å². The average molecular weight is 219 g/mol.